The largest absolute Gasteiger partial charge is 0.485 e. The lowest BCUT2D eigenvalue weighted by molar-refractivity contribution is -0.165. The predicted molar refractivity (Wildman–Crippen MR) is 102 cm³/mol. The zero-order valence-corrected chi connectivity index (χ0v) is 16.4. The van der Waals surface area contributed by atoms with Crippen LogP contribution < -0.4 is 0 Å². The van der Waals surface area contributed by atoms with E-state index in [0.29, 0.717) is 0 Å². The molecular weight excluding hydrogens is 407 g/mol. The summed E-state index contributed by atoms with van der Waals surface area (Å²) in [5.41, 5.74) is 0. The van der Waals surface area contributed by atoms with Gasteiger partial charge < -0.3 is 14.2 Å². The summed E-state index contributed by atoms with van der Waals surface area (Å²) in [6.45, 7) is 19.6. The fourth-order valence-electron chi connectivity index (χ4n) is 1.28. The van der Waals surface area contributed by atoms with Crippen molar-refractivity contribution in [1.29, 1.82) is 0 Å². The second-order valence-electron chi connectivity index (χ2n) is 4.50. The first-order valence-electron chi connectivity index (χ1n) is 7.68. The molecule has 0 aromatic carbocycles. The van der Waals surface area contributed by atoms with Gasteiger partial charge in [0.25, 0.3) is 0 Å². The van der Waals surface area contributed by atoms with Gasteiger partial charge in [-0.2, -0.15) is 0 Å². The first-order valence-corrected chi connectivity index (χ1v) is 9.15. The summed E-state index contributed by atoms with van der Waals surface area (Å²) >= 11 is 0. The molecule has 0 spiro atoms. The van der Waals surface area contributed by atoms with Gasteiger partial charge in [-0.3, -0.25) is 0 Å². The fraction of sp³-hybridized carbons (Fsp3) is 0.167. The molecule has 0 aromatic rings. The summed E-state index contributed by atoms with van der Waals surface area (Å²) in [5.74, 6) is -2.84. The zero-order chi connectivity index (χ0) is 22.4. The zero-order valence-electron chi connectivity index (χ0n) is 15.5. The molecule has 0 amide bonds. The van der Waals surface area contributed by atoms with Crippen LogP contribution in [0.5, 0.6) is 0 Å². The lowest BCUT2D eigenvalue weighted by Crippen LogP contribution is -2.25. The summed E-state index contributed by atoms with van der Waals surface area (Å²) in [6.07, 6.45) is 0.317. The standard InChI is InChI=1S/C18H21O10P/c1-7-13(19)23-16(10-4)26-29(22,27-17(11-5)24-14(20)8-2)28-18(12-6)25-15(21)9-3/h7-12,16-18H,1-6H2. The second kappa shape index (κ2) is 13.2. The number of hydrogen-bond donors (Lipinski definition) is 0. The van der Waals surface area contributed by atoms with Crippen LogP contribution in [0, 0.1) is 0 Å². The Morgan fingerprint density at radius 3 is 1.00 bits per heavy atom. The molecule has 0 aliphatic heterocycles. The Morgan fingerprint density at radius 2 is 0.828 bits per heavy atom. The number of ether oxygens (including phenoxy) is 3. The fourth-order valence-corrected chi connectivity index (χ4v) is 2.58. The summed E-state index contributed by atoms with van der Waals surface area (Å²) in [4.78, 5) is 34.1. The smallest absolute Gasteiger partial charge is 0.428 e. The number of rotatable bonds is 15. The highest BCUT2D eigenvalue weighted by Gasteiger charge is 2.38. The van der Waals surface area contributed by atoms with Crippen LogP contribution in [0.2, 0.25) is 0 Å². The van der Waals surface area contributed by atoms with Crippen molar-refractivity contribution in [3.63, 3.8) is 0 Å². The number of phosphoric acid groups is 1. The van der Waals surface area contributed by atoms with Gasteiger partial charge >= 0.3 is 25.7 Å². The third-order valence-corrected chi connectivity index (χ3v) is 3.87. The predicted octanol–water partition coefficient (Wildman–Crippen LogP) is 2.87. The van der Waals surface area contributed by atoms with Gasteiger partial charge in [-0.15, -0.1) is 0 Å². The highest BCUT2D eigenvalue weighted by atomic mass is 31.2. The number of hydrogen-bond acceptors (Lipinski definition) is 10. The minimum Gasteiger partial charge on any atom is -0.428 e. The van der Waals surface area contributed by atoms with Gasteiger partial charge in [0.05, 0.1) is 0 Å². The second-order valence-corrected chi connectivity index (χ2v) is 6.03. The maximum atomic E-state index is 13.1. The van der Waals surface area contributed by atoms with Crippen molar-refractivity contribution < 1.29 is 46.7 Å². The molecule has 0 saturated carbocycles. The molecule has 0 N–H and O–H groups in total. The van der Waals surface area contributed by atoms with E-state index in [1.54, 1.807) is 0 Å². The number of carbonyl (C=O) groups excluding carboxylic acids is 3. The third-order valence-electron chi connectivity index (χ3n) is 2.47. The van der Waals surface area contributed by atoms with E-state index in [-0.39, 0.29) is 0 Å². The number of esters is 3. The number of carbonyl (C=O) groups is 3. The molecule has 3 atom stereocenters. The van der Waals surface area contributed by atoms with Crippen LogP contribution in [-0.2, 0) is 46.7 Å². The van der Waals surface area contributed by atoms with Crippen molar-refractivity contribution >= 4 is 25.7 Å². The van der Waals surface area contributed by atoms with Gasteiger partial charge in [-0.25, -0.2) is 32.5 Å². The quantitative estimate of drug-likeness (QED) is 0.0960. The van der Waals surface area contributed by atoms with Crippen molar-refractivity contribution in [2.45, 2.75) is 18.9 Å². The molecule has 0 aliphatic carbocycles. The maximum Gasteiger partial charge on any atom is 0.485 e. The van der Waals surface area contributed by atoms with Crippen LogP contribution >= 0.6 is 7.82 Å². The molecule has 3 unspecified atom stereocenters. The van der Waals surface area contributed by atoms with E-state index < -0.39 is 44.6 Å². The molecule has 0 aliphatic rings. The average Bonchev–Trinajstić information content (AvgIpc) is 2.71. The lowest BCUT2D eigenvalue weighted by atomic mass is 10.6. The van der Waals surface area contributed by atoms with Crippen LogP contribution in [0.1, 0.15) is 0 Å². The molecule has 11 heteroatoms. The Balaban J connectivity index is 5.72. The molecule has 10 nitrogen and oxygen atoms in total. The molecule has 0 heterocycles. The lowest BCUT2D eigenvalue weighted by Gasteiger charge is -2.26. The van der Waals surface area contributed by atoms with E-state index in [0.717, 1.165) is 36.5 Å². The van der Waals surface area contributed by atoms with Crippen molar-refractivity contribution in [3.8, 4) is 0 Å². The van der Waals surface area contributed by atoms with E-state index in [2.05, 4.69) is 39.5 Å². The minimum atomic E-state index is -4.79. The van der Waals surface area contributed by atoms with Crippen LogP contribution in [0.4, 0.5) is 0 Å². The summed E-state index contributed by atoms with van der Waals surface area (Å²) in [6, 6.07) is 0. The van der Waals surface area contributed by atoms with Crippen molar-refractivity contribution in [1.82, 2.24) is 0 Å². The first-order chi connectivity index (χ1) is 13.7. The van der Waals surface area contributed by atoms with Crippen LogP contribution in [0.25, 0.3) is 0 Å². The van der Waals surface area contributed by atoms with Gasteiger partial charge in [0.15, 0.2) is 0 Å². The molecule has 29 heavy (non-hydrogen) atoms. The van der Waals surface area contributed by atoms with Gasteiger partial charge in [0, 0.05) is 18.2 Å². The third kappa shape index (κ3) is 10.2. The monoisotopic (exact) mass is 428 g/mol. The highest BCUT2D eigenvalue weighted by Crippen LogP contribution is 2.53. The van der Waals surface area contributed by atoms with Gasteiger partial charge in [-0.05, 0) is 18.2 Å². The number of phosphoric ester groups is 1. The first kappa shape index (κ1) is 26.0. The molecule has 0 bridgehead atoms. The Bertz CT molecular complexity index is 631. The molecule has 0 aromatic heterocycles. The van der Waals surface area contributed by atoms with Crippen LogP contribution in [-0.4, -0.2) is 36.8 Å². The van der Waals surface area contributed by atoms with Crippen LogP contribution in [0.15, 0.2) is 75.9 Å². The molecule has 0 radical (unpaired) electrons. The molecular formula is C18H21O10P. The molecule has 0 saturated heterocycles. The Morgan fingerprint density at radius 1 is 0.586 bits per heavy atom. The normalized spacial score (nSPS) is 15.2. The highest BCUT2D eigenvalue weighted by molar-refractivity contribution is 7.48. The van der Waals surface area contributed by atoms with Gasteiger partial charge in [-0.1, -0.05) is 39.5 Å². The SMILES string of the molecule is C=CC(=O)OC(C=C)OP(=O)(OC(C=C)OC(=O)C=C)OC(C=C)OC(=O)C=C. The van der Waals surface area contributed by atoms with E-state index >= 15 is 0 Å². The van der Waals surface area contributed by atoms with E-state index in [4.69, 9.17) is 27.8 Å². The van der Waals surface area contributed by atoms with E-state index in [1.165, 1.54) is 0 Å². The van der Waals surface area contributed by atoms with Crippen molar-refractivity contribution in [3.05, 3.63) is 75.9 Å². The van der Waals surface area contributed by atoms with Crippen LogP contribution in [0.3, 0.4) is 0 Å². The Hall–Kier alpha value is -3.04. The van der Waals surface area contributed by atoms with Crippen molar-refractivity contribution in [2.75, 3.05) is 0 Å². The summed E-state index contributed by atoms with van der Waals surface area (Å²) < 4.78 is 42.4. The maximum absolute atomic E-state index is 13.1. The molecule has 158 valence electrons. The topological polar surface area (TPSA) is 124 Å². The average molecular weight is 428 g/mol. The Kier molecular flexibility index (Phi) is 11.8. The summed E-state index contributed by atoms with van der Waals surface area (Å²) in [7, 11) is -4.79. The molecule has 0 fully saturated rings. The minimum absolute atomic E-state index is 0.809. The van der Waals surface area contributed by atoms with E-state index in [9.17, 15) is 18.9 Å². The molecule has 0 rings (SSSR count). The van der Waals surface area contributed by atoms with E-state index in [1.807, 2.05) is 0 Å². The summed E-state index contributed by atoms with van der Waals surface area (Å²) in [5, 5.41) is 0. The Labute approximate surface area is 168 Å². The van der Waals surface area contributed by atoms with Crippen molar-refractivity contribution in [2.24, 2.45) is 0 Å². The van der Waals surface area contributed by atoms with Gasteiger partial charge in [0.1, 0.15) is 0 Å². The van der Waals surface area contributed by atoms with Gasteiger partial charge in [0.2, 0.25) is 18.9 Å².